The summed E-state index contributed by atoms with van der Waals surface area (Å²) in [7, 11) is 3.32. The van der Waals surface area contributed by atoms with Crippen molar-refractivity contribution in [3.8, 4) is 17.1 Å². The van der Waals surface area contributed by atoms with E-state index < -0.39 is 0 Å². The molecule has 8 heteroatoms. The molecule has 0 N–H and O–H groups in total. The van der Waals surface area contributed by atoms with Crippen molar-refractivity contribution in [2.75, 3.05) is 14.2 Å². The first-order valence-corrected chi connectivity index (χ1v) is 8.33. The van der Waals surface area contributed by atoms with Gasteiger partial charge in [-0.2, -0.15) is 4.80 Å². The van der Waals surface area contributed by atoms with Crippen molar-refractivity contribution in [3.63, 3.8) is 0 Å². The lowest BCUT2D eigenvalue weighted by Gasteiger charge is -2.16. The van der Waals surface area contributed by atoms with Crippen molar-refractivity contribution in [3.05, 3.63) is 59.1 Å². The predicted octanol–water partition coefficient (Wildman–Crippen LogP) is 2.66. The Morgan fingerprint density at radius 3 is 2.81 bits per heavy atom. The van der Waals surface area contributed by atoms with Gasteiger partial charge in [0.2, 0.25) is 11.7 Å². The second-order valence-corrected chi connectivity index (χ2v) is 6.19. The molecule has 2 aromatic carbocycles. The molecule has 3 rings (SSSR count). The van der Waals surface area contributed by atoms with Gasteiger partial charge in [-0.05, 0) is 35.0 Å². The average molecular weight is 372 g/mol. The van der Waals surface area contributed by atoms with E-state index >= 15 is 0 Å². The largest absolute Gasteiger partial charge is 0.497 e. The zero-order valence-corrected chi connectivity index (χ0v) is 15.2. The Balaban J connectivity index is 1.65. The Labute approximate surface area is 156 Å². The number of carbonyl (C=O) groups is 1. The van der Waals surface area contributed by atoms with Gasteiger partial charge in [0.1, 0.15) is 12.3 Å². The number of methoxy groups -OCH3 is 1. The highest BCUT2D eigenvalue weighted by Crippen LogP contribution is 2.19. The maximum absolute atomic E-state index is 12.4. The third-order valence-corrected chi connectivity index (χ3v) is 4.03. The number of hydrogen-bond donors (Lipinski definition) is 0. The Morgan fingerprint density at radius 1 is 1.23 bits per heavy atom. The van der Waals surface area contributed by atoms with E-state index in [0.29, 0.717) is 23.1 Å². The van der Waals surface area contributed by atoms with Gasteiger partial charge < -0.3 is 9.64 Å². The normalized spacial score (nSPS) is 10.6. The fraction of sp³-hybridized carbons (Fsp3) is 0.222. The van der Waals surface area contributed by atoms with Crippen LogP contribution in [-0.4, -0.2) is 45.2 Å². The molecule has 0 atom stereocenters. The molecule has 0 saturated heterocycles. The van der Waals surface area contributed by atoms with Crippen LogP contribution in [0.4, 0.5) is 0 Å². The molecule has 0 aliphatic heterocycles. The second-order valence-electron chi connectivity index (χ2n) is 5.76. The molecule has 3 aromatic rings. The molecular formula is C18H18ClN5O2. The first-order chi connectivity index (χ1) is 12.5. The molecular weight excluding hydrogens is 354 g/mol. The maximum Gasteiger partial charge on any atom is 0.246 e. The van der Waals surface area contributed by atoms with E-state index in [4.69, 9.17) is 16.3 Å². The molecule has 7 nitrogen and oxygen atoms in total. The third-order valence-electron chi connectivity index (χ3n) is 3.79. The van der Waals surface area contributed by atoms with E-state index in [1.807, 2.05) is 42.5 Å². The summed E-state index contributed by atoms with van der Waals surface area (Å²) < 4.78 is 5.19. The molecule has 0 saturated carbocycles. The fourth-order valence-corrected chi connectivity index (χ4v) is 2.64. The number of benzene rings is 2. The molecule has 0 fully saturated rings. The lowest BCUT2D eigenvalue weighted by Crippen LogP contribution is -2.30. The Morgan fingerprint density at radius 2 is 2.04 bits per heavy atom. The SMILES string of the molecule is COc1cccc(-c2nnn(CC(=O)N(C)Cc3cccc(Cl)c3)n2)c1. The highest BCUT2D eigenvalue weighted by atomic mass is 35.5. The smallest absolute Gasteiger partial charge is 0.246 e. The molecule has 1 aromatic heterocycles. The van der Waals surface area contributed by atoms with Crippen molar-refractivity contribution >= 4 is 17.5 Å². The molecule has 26 heavy (non-hydrogen) atoms. The van der Waals surface area contributed by atoms with Gasteiger partial charge in [0.05, 0.1) is 7.11 Å². The Hall–Kier alpha value is -2.93. The van der Waals surface area contributed by atoms with Crippen LogP contribution in [0.3, 0.4) is 0 Å². The van der Waals surface area contributed by atoms with Gasteiger partial charge in [-0.1, -0.05) is 35.9 Å². The topological polar surface area (TPSA) is 73.1 Å². The Bertz CT molecular complexity index is 912. The number of amides is 1. The summed E-state index contributed by atoms with van der Waals surface area (Å²) in [5.74, 6) is 1.02. The molecule has 0 aliphatic carbocycles. The number of nitrogens with zero attached hydrogens (tertiary/aromatic N) is 5. The third kappa shape index (κ3) is 4.37. The van der Waals surface area contributed by atoms with Gasteiger partial charge in [0, 0.05) is 24.2 Å². The summed E-state index contributed by atoms with van der Waals surface area (Å²) in [6.45, 7) is 0.463. The van der Waals surface area contributed by atoms with E-state index in [1.165, 1.54) is 4.80 Å². The summed E-state index contributed by atoms with van der Waals surface area (Å²) in [4.78, 5) is 15.3. The number of tetrazole rings is 1. The van der Waals surface area contributed by atoms with Crippen LogP contribution < -0.4 is 4.74 Å². The molecule has 1 heterocycles. The molecule has 0 unspecified atom stereocenters. The highest BCUT2D eigenvalue weighted by Gasteiger charge is 2.14. The summed E-state index contributed by atoms with van der Waals surface area (Å²) in [5, 5.41) is 12.9. The lowest BCUT2D eigenvalue weighted by molar-refractivity contribution is -0.131. The van der Waals surface area contributed by atoms with E-state index in [2.05, 4.69) is 15.4 Å². The molecule has 0 aliphatic rings. The van der Waals surface area contributed by atoms with E-state index in [-0.39, 0.29) is 12.5 Å². The zero-order chi connectivity index (χ0) is 18.5. The highest BCUT2D eigenvalue weighted by molar-refractivity contribution is 6.30. The number of carbonyl (C=O) groups excluding carboxylic acids is 1. The molecule has 1 amide bonds. The number of rotatable bonds is 6. The number of ether oxygens (including phenoxy) is 1. The number of likely N-dealkylation sites (N-methyl/N-ethyl adjacent to an activating group) is 1. The summed E-state index contributed by atoms with van der Waals surface area (Å²) in [6, 6.07) is 14.8. The van der Waals surface area contributed by atoms with Gasteiger partial charge in [-0.25, -0.2) is 0 Å². The quantitative estimate of drug-likeness (QED) is 0.666. The monoisotopic (exact) mass is 371 g/mol. The van der Waals surface area contributed by atoms with Gasteiger partial charge in [0.15, 0.2) is 0 Å². The van der Waals surface area contributed by atoms with E-state index in [0.717, 1.165) is 11.1 Å². The molecule has 0 spiro atoms. The lowest BCUT2D eigenvalue weighted by atomic mass is 10.2. The molecule has 0 bridgehead atoms. The van der Waals surface area contributed by atoms with Gasteiger partial charge in [0.25, 0.3) is 0 Å². The summed E-state index contributed by atoms with van der Waals surface area (Å²) in [6.07, 6.45) is 0. The minimum atomic E-state index is -0.125. The maximum atomic E-state index is 12.4. The van der Waals surface area contributed by atoms with Gasteiger partial charge >= 0.3 is 0 Å². The van der Waals surface area contributed by atoms with Crippen LogP contribution in [0, 0.1) is 0 Å². The predicted molar refractivity (Wildman–Crippen MR) is 97.7 cm³/mol. The fourth-order valence-electron chi connectivity index (χ4n) is 2.43. The van der Waals surface area contributed by atoms with Crippen LogP contribution in [-0.2, 0) is 17.9 Å². The van der Waals surface area contributed by atoms with Crippen LogP contribution in [0.15, 0.2) is 48.5 Å². The van der Waals surface area contributed by atoms with Crippen molar-refractivity contribution in [1.82, 2.24) is 25.1 Å². The average Bonchev–Trinajstić information content (AvgIpc) is 3.10. The zero-order valence-electron chi connectivity index (χ0n) is 14.5. The van der Waals surface area contributed by atoms with Crippen LogP contribution in [0.2, 0.25) is 5.02 Å². The summed E-state index contributed by atoms with van der Waals surface area (Å²) >= 11 is 5.98. The van der Waals surface area contributed by atoms with Gasteiger partial charge in [-0.15, -0.1) is 10.2 Å². The van der Waals surface area contributed by atoms with Gasteiger partial charge in [-0.3, -0.25) is 4.79 Å². The first-order valence-electron chi connectivity index (χ1n) is 7.96. The minimum Gasteiger partial charge on any atom is -0.497 e. The number of halogens is 1. The van der Waals surface area contributed by atoms with Crippen LogP contribution in [0.5, 0.6) is 5.75 Å². The van der Waals surface area contributed by atoms with E-state index in [1.54, 1.807) is 25.1 Å². The first kappa shape index (κ1) is 17.9. The molecule has 134 valence electrons. The van der Waals surface area contributed by atoms with Crippen LogP contribution in [0.25, 0.3) is 11.4 Å². The van der Waals surface area contributed by atoms with Crippen molar-refractivity contribution < 1.29 is 9.53 Å². The van der Waals surface area contributed by atoms with Crippen molar-refractivity contribution in [1.29, 1.82) is 0 Å². The van der Waals surface area contributed by atoms with Crippen LogP contribution >= 0.6 is 11.6 Å². The van der Waals surface area contributed by atoms with Crippen molar-refractivity contribution in [2.24, 2.45) is 0 Å². The van der Waals surface area contributed by atoms with E-state index in [9.17, 15) is 4.79 Å². The number of aromatic nitrogens is 4. The molecule has 0 radical (unpaired) electrons. The summed E-state index contributed by atoms with van der Waals surface area (Å²) in [5.41, 5.74) is 1.73. The standard InChI is InChI=1S/C18H18ClN5O2/c1-23(11-13-5-3-7-15(19)9-13)17(25)12-24-21-18(20-22-24)14-6-4-8-16(10-14)26-2/h3-10H,11-12H2,1-2H3. The Kier molecular flexibility index (Phi) is 5.48. The second kappa shape index (κ2) is 7.97. The van der Waals surface area contributed by atoms with Crippen molar-refractivity contribution in [2.45, 2.75) is 13.1 Å². The minimum absolute atomic E-state index is 0.00797. The van der Waals surface area contributed by atoms with Crippen LogP contribution in [0.1, 0.15) is 5.56 Å². The number of hydrogen-bond acceptors (Lipinski definition) is 5.